The van der Waals surface area contributed by atoms with Gasteiger partial charge < -0.3 is 4.90 Å². The zero-order chi connectivity index (χ0) is 16.4. The minimum Gasteiger partial charge on any atom is -0.312 e. The predicted molar refractivity (Wildman–Crippen MR) is 87.0 cm³/mol. The third-order valence-corrected chi connectivity index (χ3v) is 4.10. The molecule has 23 heavy (non-hydrogen) atoms. The fourth-order valence-corrected chi connectivity index (χ4v) is 2.60. The van der Waals surface area contributed by atoms with Crippen LogP contribution in [-0.2, 0) is 9.59 Å². The largest absolute Gasteiger partial charge is 0.312 e. The summed E-state index contributed by atoms with van der Waals surface area (Å²) in [6.45, 7) is 4.41. The Bertz CT molecular complexity index is 746. The van der Waals surface area contributed by atoms with Gasteiger partial charge in [-0.15, -0.1) is 0 Å². The van der Waals surface area contributed by atoms with Gasteiger partial charge in [-0.3, -0.25) is 14.9 Å². The highest BCUT2D eigenvalue weighted by molar-refractivity contribution is 6.03. The Kier molecular flexibility index (Phi) is 4.06. The third-order valence-electron chi connectivity index (χ3n) is 4.10. The predicted octanol–water partition coefficient (Wildman–Crippen LogP) is 2.09. The maximum Gasteiger partial charge on any atom is 0.232 e. The molecule has 1 aliphatic heterocycles. The van der Waals surface area contributed by atoms with E-state index >= 15 is 0 Å². The molecule has 2 amide bonds. The molecule has 6 nitrogen and oxygen atoms in total. The Balaban J connectivity index is 1.71. The quantitative estimate of drug-likeness (QED) is 0.942. The molecule has 2 aromatic rings. The van der Waals surface area contributed by atoms with E-state index in [2.05, 4.69) is 15.3 Å². The molecule has 1 aliphatic rings. The number of nitrogens with zero attached hydrogens (tertiary/aromatic N) is 3. The summed E-state index contributed by atoms with van der Waals surface area (Å²) in [5, 5.41) is 2.66. The minimum atomic E-state index is -0.395. The molecule has 118 valence electrons. The zero-order valence-electron chi connectivity index (χ0n) is 13.1. The number of aryl methyl sites for hydroxylation is 2. The number of nitrogens with one attached hydrogen (secondary N) is 1. The summed E-state index contributed by atoms with van der Waals surface area (Å²) in [4.78, 5) is 34.1. The lowest BCUT2D eigenvalue weighted by Crippen LogP contribution is -2.28. The average Bonchev–Trinajstić information content (AvgIpc) is 2.93. The van der Waals surface area contributed by atoms with Gasteiger partial charge in [0.15, 0.2) is 0 Å². The number of carbonyl (C=O) groups excluding carboxylic acids is 2. The van der Waals surface area contributed by atoms with Gasteiger partial charge in [0.2, 0.25) is 17.8 Å². The van der Waals surface area contributed by atoms with Crippen LogP contribution in [0.1, 0.15) is 17.5 Å². The number of rotatable bonds is 3. The molecule has 1 saturated heterocycles. The van der Waals surface area contributed by atoms with Crippen molar-refractivity contribution >= 4 is 23.5 Å². The van der Waals surface area contributed by atoms with Gasteiger partial charge in [-0.05, 0) is 43.2 Å². The Morgan fingerprint density at radius 3 is 2.65 bits per heavy atom. The summed E-state index contributed by atoms with van der Waals surface area (Å²) in [6, 6.07) is 7.56. The van der Waals surface area contributed by atoms with Crippen molar-refractivity contribution in [3.05, 3.63) is 47.8 Å². The van der Waals surface area contributed by atoms with E-state index in [1.54, 1.807) is 23.4 Å². The van der Waals surface area contributed by atoms with Crippen molar-refractivity contribution in [3.8, 4) is 0 Å². The van der Waals surface area contributed by atoms with Crippen molar-refractivity contribution in [1.82, 2.24) is 9.97 Å². The van der Waals surface area contributed by atoms with Gasteiger partial charge in [-0.25, -0.2) is 9.97 Å². The van der Waals surface area contributed by atoms with E-state index in [1.807, 2.05) is 32.0 Å². The molecule has 1 atom stereocenters. The topological polar surface area (TPSA) is 75.2 Å². The molecule has 0 unspecified atom stereocenters. The van der Waals surface area contributed by atoms with Gasteiger partial charge in [-0.1, -0.05) is 6.07 Å². The lowest BCUT2D eigenvalue weighted by molar-refractivity contribution is -0.122. The molecular formula is C17H18N4O2. The van der Waals surface area contributed by atoms with Crippen molar-refractivity contribution < 1.29 is 9.59 Å². The molecule has 0 aliphatic carbocycles. The Morgan fingerprint density at radius 1 is 1.22 bits per heavy atom. The van der Waals surface area contributed by atoms with Gasteiger partial charge in [0.25, 0.3) is 0 Å². The van der Waals surface area contributed by atoms with Crippen molar-refractivity contribution in [2.75, 3.05) is 16.8 Å². The van der Waals surface area contributed by atoms with Gasteiger partial charge in [0.05, 0.1) is 5.92 Å². The van der Waals surface area contributed by atoms with Crippen molar-refractivity contribution in [2.24, 2.45) is 5.92 Å². The minimum absolute atomic E-state index is 0.0395. The van der Waals surface area contributed by atoms with Crippen LogP contribution in [0.25, 0.3) is 0 Å². The maximum absolute atomic E-state index is 12.3. The van der Waals surface area contributed by atoms with Crippen LogP contribution in [0.15, 0.2) is 36.7 Å². The zero-order valence-corrected chi connectivity index (χ0v) is 13.1. The van der Waals surface area contributed by atoms with E-state index in [0.29, 0.717) is 6.54 Å². The molecular weight excluding hydrogens is 292 g/mol. The second kappa shape index (κ2) is 6.16. The van der Waals surface area contributed by atoms with E-state index in [-0.39, 0.29) is 24.2 Å². The second-order valence-electron chi connectivity index (χ2n) is 5.74. The molecule has 6 heteroatoms. The van der Waals surface area contributed by atoms with E-state index in [0.717, 1.165) is 11.3 Å². The van der Waals surface area contributed by atoms with Crippen LogP contribution in [0.5, 0.6) is 0 Å². The molecule has 1 N–H and O–H groups in total. The smallest absolute Gasteiger partial charge is 0.232 e. The van der Waals surface area contributed by atoms with Gasteiger partial charge in [0, 0.05) is 31.0 Å². The van der Waals surface area contributed by atoms with Crippen molar-refractivity contribution in [1.29, 1.82) is 0 Å². The molecule has 1 fully saturated rings. The van der Waals surface area contributed by atoms with E-state index in [1.165, 1.54) is 5.56 Å². The summed E-state index contributed by atoms with van der Waals surface area (Å²) in [5.41, 5.74) is 3.14. The van der Waals surface area contributed by atoms with Crippen LogP contribution < -0.4 is 10.2 Å². The molecule has 0 spiro atoms. The summed E-state index contributed by atoms with van der Waals surface area (Å²) >= 11 is 0. The number of anilines is 2. The maximum atomic E-state index is 12.3. The highest BCUT2D eigenvalue weighted by Crippen LogP contribution is 2.27. The number of carbonyl (C=O) groups is 2. The summed E-state index contributed by atoms with van der Waals surface area (Å²) in [7, 11) is 0. The summed E-state index contributed by atoms with van der Waals surface area (Å²) in [6.07, 6.45) is 3.32. The molecule has 1 aromatic carbocycles. The highest BCUT2D eigenvalue weighted by Gasteiger charge is 2.35. The van der Waals surface area contributed by atoms with Gasteiger partial charge in [0.1, 0.15) is 0 Å². The highest BCUT2D eigenvalue weighted by atomic mass is 16.2. The van der Waals surface area contributed by atoms with Crippen LogP contribution in [0.4, 0.5) is 11.6 Å². The molecule has 0 bridgehead atoms. The number of amides is 2. The van der Waals surface area contributed by atoms with Crippen LogP contribution >= 0.6 is 0 Å². The Hall–Kier alpha value is -2.76. The number of hydrogen-bond donors (Lipinski definition) is 1. The number of aromatic nitrogens is 2. The lowest BCUT2D eigenvalue weighted by atomic mass is 10.1. The first-order valence-electron chi connectivity index (χ1n) is 7.50. The van der Waals surface area contributed by atoms with Crippen molar-refractivity contribution in [2.45, 2.75) is 20.3 Å². The molecule has 3 rings (SSSR count). The Labute approximate surface area is 134 Å². The normalized spacial score (nSPS) is 17.4. The average molecular weight is 310 g/mol. The fraction of sp³-hybridized carbons (Fsp3) is 0.294. The number of hydrogen-bond acceptors (Lipinski definition) is 4. The van der Waals surface area contributed by atoms with Gasteiger partial charge >= 0.3 is 0 Å². The monoisotopic (exact) mass is 310 g/mol. The van der Waals surface area contributed by atoms with Crippen LogP contribution in [-0.4, -0.2) is 28.3 Å². The number of benzene rings is 1. The lowest BCUT2D eigenvalue weighted by Gasteiger charge is -2.18. The van der Waals surface area contributed by atoms with E-state index < -0.39 is 5.92 Å². The third kappa shape index (κ3) is 3.21. The van der Waals surface area contributed by atoms with E-state index in [9.17, 15) is 9.59 Å². The first-order valence-corrected chi connectivity index (χ1v) is 7.50. The van der Waals surface area contributed by atoms with E-state index in [4.69, 9.17) is 0 Å². The standard InChI is InChI=1S/C17H18N4O2/c1-11-4-5-14(8-12(11)2)21-10-13(9-15(21)22)16(23)20-17-18-6-3-7-19-17/h3-8,13H,9-10H2,1-2H3,(H,18,19,20,23)/t13-/m0/s1. The molecule has 1 aromatic heterocycles. The van der Waals surface area contributed by atoms with Crippen LogP contribution in [0.2, 0.25) is 0 Å². The van der Waals surface area contributed by atoms with Crippen LogP contribution in [0, 0.1) is 19.8 Å². The van der Waals surface area contributed by atoms with Crippen LogP contribution in [0.3, 0.4) is 0 Å². The fourth-order valence-electron chi connectivity index (χ4n) is 2.60. The first-order chi connectivity index (χ1) is 11.0. The first kappa shape index (κ1) is 15.1. The molecule has 2 heterocycles. The summed E-state index contributed by atoms with van der Waals surface area (Å²) < 4.78 is 0. The molecule has 0 saturated carbocycles. The SMILES string of the molecule is Cc1ccc(N2C[C@@H](C(=O)Nc3ncccn3)CC2=O)cc1C. The Morgan fingerprint density at radius 2 is 1.96 bits per heavy atom. The second-order valence-corrected chi connectivity index (χ2v) is 5.74. The van der Waals surface area contributed by atoms with Gasteiger partial charge in [-0.2, -0.15) is 0 Å². The van der Waals surface area contributed by atoms with Crippen molar-refractivity contribution in [3.63, 3.8) is 0 Å². The summed E-state index contributed by atoms with van der Waals surface area (Å²) in [5.74, 6) is -0.402. The molecule has 0 radical (unpaired) electrons.